The van der Waals surface area contributed by atoms with Crippen molar-refractivity contribution in [2.75, 3.05) is 19.3 Å². The summed E-state index contributed by atoms with van der Waals surface area (Å²) in [6.07, 6.45) is 4.68. The summed E-state index contributed by atoms with van der Waals surface area (Å²) in [6.45, 7) is 7.73. The molecule has 18 heavy (non-hydrogen) atoms. The number of rotatable bonds is 5. The van der Waals surface area contributed by atoms with E-state index >= 15 is 0 Å². The van der Waals surface area contributed by atoms with Gasteiger partial charge in [-0.15, -0.1) is 0 Å². The molecule has 0 radical (unpaired) electrons. The molecule has 3 unspecified atom stereocenters. The van der Waals surface area contributed by atoms with Gasteiger partial charge in [0.25, 0.3) is 0 Å². The van der Waals surface area contributed by atoms with E-state index in [1.54, 1.807) is 6.26 Å². The van der Waals surface area contributed by atoms with Crippen LogP contribution < -0.4 is 10.6 Å². The van der Waals surface area contributed by atoms with Crippen molar-refractivity contribution in [2.45, 2.75) is 51.3 Å². The third-order valence-corrected chi connectivity index (χ3v) is 5.18. The van der Waals surface area contributed by atoms with Crippen molar-refractivity contribution in [1.29, 1.82) is 0 Å². The lowest BCUT2D eigenvalue weighted by molar-refractivity contribution is -0.126. The van der Waals surface area contributed by atoms with Crippen LogP contribution in [0.1, 0.15) is 40.0 Å². The highest BCUT2D eigenvalue weighted by Crippen LogP contribution is 2.29. The average molecular weight is 274 g/mol. The van der Waals surface area contributed by atoms with Crippen LogP contribution in [0.3, 0.4) is 0 Å². The molecule has 5 heteroatoms. The second-order valence-corrected chi connectivity index (χ2v) is 7.67. The van der Waals surface area contributed by atoms with Gasteiger partial charge in [-0.05, 0) is 31.2 Å². The number of carbonyl (C=O) groups is 1. The van der Waals surface area contributed by atoms with Gasteiger partial charge in [0.05, 0.1) is 6.04 Å². The first-order valence-corrected chi connectivity index (χ1v) is 8.30. The second kappa shape index (κ2) is 6.66. The third kappa shape index (κ3) is 4.35. The zero-order valence-electron chi connectivity index (χ0n) is 11.9. The summed E-state index contributed by atoms with van der Waals surface area (Å²) < 4.78 is 11.2. The molecule has 1 saturated heterocycles. The molecule has 0 aromatic heterocycles. The minimum Gasteiger partial charge on any atom is -0.355 e. The van der Waals surface area contributed by atoms with E-state index in [0.717, 1.165) is 25.8 Å². The molecule has 1 aliphatic heterocycles. The lowest BCUT2D eigenvalue weighted by Crippen LogP contribution is -2.55. The molecule has 2 N–H and O–H groups in total. The fourth-order valence-corrected chi connectivity index (χ4v) is 2.78. The fraction of sp³-hybridized carbons (Fsp3) is 0.923. The van der Waals surface area contributed by atoms with Gasteiger partial charge in [0.15, 0.2) is 0 Å². The number of nitrogens with one attached hydrogen (secondary N) is 2. The topological polar surface area (TPSA) is 58.2 Å². The first-order chi connectivity index (χ1) is 8.34. The van der Waals surface area contributed by atoms with Crippen LogP contribution in [-0.4, -0.2) is 40.8 Å². The minimum absolute atomic E-state index is 0.0154. The van der Waals surface area contributed by atoms with Crippen molar-refractivity contribution in [3.63, 3.8) is 0 Å². The zero-order valence-corrected chi connectivity index (χ0v) is 12.7. The normalized spacial score (nSPS) is 26.3. The summed E-state index contributed by atoms with van der Waals surface area (Å²) in [6, 6.07) is -0.103. The van der Waals surface area contributed by atoms with Gasteiger partial charge >= 0.3 is 0 Å². The first-order valence-electron chi connectivity index (χ1n) is 6.68. The van der Waals surface area contributed by atoms with Crippen LogP contribution in [0, 0.1) is 5.41 Å². The van der Waals surface area contributed by atoms with E-state index < -0.39 is 10.8 Å². The number of hydrogen-bond acceptors (Lipinski definition) is 3. The van der Waals surface area contributed by atoms with Crippen molar-refractivity contribution >= 4 is 16.7 Å². The third-order valence-electron chi connectivity index (χ3n) is 3.81. The van der Waals surface area contributed by atoms with Gasteiger partial charge in [-0.3, -0.25) is 9.00 Å². The van der Waals surface area contributed by atoms with Gasteiger partial charge in [-0.1, -0.05) is 20.8 Å². The maximum Gasteiger partial charge on any atom is 0.237 e. The van der Waals surface area contributed by atoms with Gasteiger partial charge in [0.2, 0.25) is 5.91 Å². The lowest BCUT2D eigenvalue weighted by Gasteiger charge is -2.38. The molecule has 0 spiro atoms. The van der Waals surface area contributed by atoms with Crippen LogP contribution >= 0.6 is 0 Å². The van der Waals surface area contributed by atoms with E-state index in [9.17, 15) is 9.00 Å². The van der Waals surface area contributed by atoms with Crippen molar-refractivity contribution in [3.8, 4) is 0 Å². The number of hydrogen-bond donors (Lipinski definition) is 2. The molecule has 0 aromatic rings. The van der Waals surface area contributed by atoms with Gasteiger partial charge in [0, 0.05) is 28.9 Å². The number of piperidine rings is 1. The molecular formula is C13H26N2O2S. The van der Waals surface area contributed by atoms with E-state index in [-0.39, 0.29) is 22.6 Å². The van der Waals surface area contributed by atoms with Crippen molar-refractivity contribution in [3.05, 3.63) is 0 Å². The highest BCUT2D eigenvalue weighted by Gasteiger charge is 2.36. The molecule has 1 heterocycles. The molecule has 0 aliphatic carbocycles. The lowest BCUT2D eigenvalue weighted by atomic mass is 9.77. The monoisotopic (exact) mass is 274 g/mol. The van der Waals surface area contributed by atoms with Crippen molar-refractivity contribution < 1.29 is 9.00 Å². The zero-order chi connectivity index (χ0) is 13.8. The summed E-state index contributed by atoms with van der Waals surface area (Å²) in [5, 5.41) is 6.39. The Morgan fingerprint density at radius 2 is 2.22 bits per heavy atom. The Bertz CT molecular complexity index is 318. The van der Waals surface area contributed by atoms with Gasteiger partial charge < -0.3 is 10.6 Å². The Hall–Kier alpha value is -0.420. The standard InChI is InChI=1S/C13H26N2O2S/c1-10(18(4)17)6-9-15-12(16)11-13(2,3)7-5-8-14-11/h10-11,14H,5-9H2,1-4H3,(H,15,16). The minimum atomic E-state index is -0.812. The molecular weight excluding hydrogens is 248 g/mol. The molecule has 0 bridgehead atoms. The second-order valence-electron chi connectivity index (χ2n) is 5.87. The summed E-state index contributed by atoms with van der Waals surface area (Å²) in [5.41, 5.74) is 0.0154. The van der Waals surface area contributed by atoms with Gasteiger partial charge in [-0.25, -0.2) is 0 Å². The van der Waals surface area contributed by atoms with E-state index in [2.05, 4.69) is 24.5 Å². The summed E-state index contributed by atoms with van der Waals surface area (Å²) >= 11 is 0. The number of carbonyl (C=O) groups excluding carboxylic acids is 1. The largest absolute Gasteiger partial charge is 0.355 e. The van der Waals surface area contributed by atoms with Gasteiger partial charge in [-0.2, -0.15) is 0 Å². The van der Waals surface area contributed by atoms with Crippen LogP contribution in [0.2, 0.25) is 0 Å². The number of amides is 1. The van der Waals surface area contributed by atoms with Crippen LogP contribution in [0.15, 0.2) is 0 Å². The molecule has 1 rings (SSSR count). The fourth-order valence-electron chi connectivity index (χ4n) is 2.33. The summed E-state index contributed by atoms with van der Waals surface area (Å²) in [4.78, 5) is 12.1. The quantitative estimate of drug-likeness (QED) is 0.787. The van der Waals surface area contributed by atoms with Crippen molar-refractivity contribution in [2.24, 2.45) is 5.41 Å². The Morgan fingerprint density at radius 3 is 2.78 bits per heavy atom. The predicted octanol–water partition coefficient (Wildman–Crippen LogP) is 1.04. The molecule has 4 nitrogen and oxygen atoms in total. The molecule has 106 valence electrons. The summed E-state index contributed by atoms with van der Waals surface area (Å²) in [7, 11) is -0.812. The average Bonchev–Trinajstić information content (AvgIpc) is 2.27. The Kier molecular flexibility index (Phi) is 5.79. The Balaban J connectivity index is 2.38. The predicted molar refractivity (Wildman–Crippen MR) is 76.0 cm³/mol. The van der Waals surface area contributed by atoms with Crippen LogP contribution in [0.5, 0.6) is 0 Å². The maximum absolute atomic E-state index is 12.1. The molecule has 3 atom stereocenters. The summed E-state index contributed by atoms with van der Waals surface area (Å²) in [5.74, 6) is 0.0776. The Morgan fingerprint density at radius 1 is 1.56 bits per heavy atom. The van der Waals surface area contributed by atoms with E-state index in [1.807, 2.05) is 6.92 Å². The molecule has 1 aliphatic rings. The van der Waals surface area contributed by atoms with Crippen LogP contribution in [-0.2, 0) is 15.6 Å². The van der Waals surface area contributed by atoms with E-state index in [1.165, 1.54) is 0 Å². The van der Waals surface area contributed by atoms with Crippen molar-refractivity contribution in [1.82, 2.24) is 10.6 Å². The van der Waals surface area contributed by atoms with Crippen LogP contribution in [0.4, 0.5) is 0 Å². The van der Waals surface area contributed by atoms with E-state index in [0.29, 0.717) is 6.54 Å². The SMILES string of the molecule is CC(CCNC(=O)C1NCCCC1(C)C)S(C)=O. The Labute approximate surface area is 113 Å². The highest BCUT2D eigenvalue weighted by molar-refractivity contribution is 7.84. The maximum atomic E-state index is 12.1. The molecule has 1 amide bonds. The smallest absolute Gasteiger partial charge is 0.237 e. The van der Waals surface area contributed by atoms with Gasteiger partial charge in [0.1, 0.15) is 0 Å². The molecule has 0 aromatic carbocycles. The first kappa shape index (κ1) is 15.6. The molecule has 1 fully saturated rings. The van der Waals surface area contributed by atoms with E-state index in [4.69, 9.17) is 0 Å². The highest BCUT2D eigenvalue weighted by atomic mass is 32.2. The molecule has 0 saturated carbocycles. The van der Waals surface area contributed by atoms with Crippen LogP contribution in [0.25, 0.3) is 0 Å².